The van der Waals surface area contributed by atoms with Crippen LogP contribution in [0.25, 0.3) is 0 Å². The standard InChI is InChI=1S/C13H12Cl2N2O2S/c14-10-3-1-2-9(6-10)8-17-20(18,19)13-5-4-11(15)7-12(13)16/h1-7,17H,8,16H2. The van der Waals surface area contributed by atoms with E-state index >= 15 is 0 Å². The van der Waals surface area contributed by atoms with Crippen molar-refractivity contribution in [1.29, 1.82) is 0 Å². The summed E-state index contributed by atoms with van der Waals surface area (Å²) in [4.78, 5) is 0.00364. The van der Waals surface area contributed by atoms with Crippen LogP contribution in [0.1, 0.15) is 5.56 Å². The van der Waals surface area contributed by atoms with Crippen molar-refractivity contribution < 1.29 is 8.42 Å². The van der Waals surface area contributed by atoms with Crippen molar-refractivity contribution in [2.24, 2.45) is 0 Å². The van der Waals surface area contributed by atoms with Crippen molar-refractivity contribution in [3.05, 3.63) is 58.1 Å². The average Bonchev–Trinajstić information content (AvgIpc) is 2.36. The molecule has 4 nitrogen and oxygen atoms in total. The highest BCUT2D eigenvalue weighted by Gasteiger charge is 2.17. The highest BCUT2D eigenvalue weighted by Crippen LogP contribution is 2.22. The number of hydrogen-bond acceptors (Lipinski definition) is 3. The van der Waals surface area contributed by atoms with Gasteiger partial charge in [0, 0.05) is 16.6 Å². The van der Waals surface area contributed by atoms with E-state index in [2.05, 4.69) is 4.72 Å². The van der Waals surface area contributed by atoms with Gasteiger partial charge in [-0.2, -0.15) is 0 Å². The number of sulfonamides is 1. The van der Waals surface area contributed by atoms with Gasteiger partial charge in [0.05, 0.1) is 5.69 Å². The zero-order chi connectivity index (χ0) is 14.8. The Balaban J connectivity index is 2.19. The highest BCUT2D eigenvalue weighted by atomic mass is 35.5. The van der Waals surface area contributed by atoms with Gasteiger partial charge in [-0.05, 0) is 35.9 Å². The number of hydrogen-bond donors (Lipinski definition) is 2. The van der Waals surface area contributed by atoms with Crippen LogP contribution in [0.4, 0.5) is 5.69 Å². The molecule has 0 heterocycles. The van der Waals surface area contributed by atoms with Gasteiger partial charge < -0.3 is 5.73 Å². The predicted octanol–water partition coefficient (Wildman–Crippen LogP) is 3.05. The van der Waals surface area contributed by atoms with E-state index in [0.29, 0.717) is 10.0 Å². The van der Waals surface area contributed by atoms with Crippen LogP contribution in [0.3, 0.4) is 0 Å². The fraction of sp³-hybridized carbons (Fsp3) is 0.0769. The van der Waals surface area contributed by atoms with Gasteiger partial charge in [0.1, 0.15) is 4.90 Å². The van der Waals surface area contributed by atoms with Crippen LogP contribution in [-0.2, 0) is 16.6 Å². The SMILES string of the molecule is Nc1cc(Cl)ccc1S(=O)(=O)NCc1cccc(Cl)c1. The summed E-state index contributed by atoms with van der Waals surface area (Å²) in [7, 11) is -3.70. The van der Waals surface area contributed by atoms with Crippen molar-refractivity contribution in [3.63, 3.8) is 0 Å². The first-order valence-corrected chi connectivity index (χ1v) is 7.91. The second kappa shape index (κ2) is 6.01. The van der Waals surface area contributed by atoms with Gasteiger partial charge in [-0.15, -0.1) is 0 Å². The zero-order valence-electron chi connectivity index (χ0n) is 10.3. The Hall–Kier alpha value is -1.27. The molecule has 0 saturated heterocycles. The monoisotopic (exact) mass is 330 g/mol. The molecule has 0 unspecified atom stereocenters. The minimum absolute atomic E-state index is 0.00364. The molecule has 2 aromatic carbocycles. The summed E-state index contributed by atoms with van der Waals surface area (Å²) in [5, 5.41) is 0.934. The first-order valence-electron chi connectivity index (χ1n) is 5.67. The lowest BCUT2D eigenvalue weighted by Crippen LogP contribution is -2.24. The Morgan fingerprint density at radius 2 is 1.75 bits per heavy atom. The summed E-state index contributed by atoms with van der Waals surface area (Å²) in [5.74, 6) is 0. The Morgan fingerprint density at radius 3 is 2.40 bits per heavy atom. The molecule has 0 saturated carbocycles. The van der Waals surface area contributed by atoms with Crippen LogP contribution in [-0.4, -0.2) is 8.42 Å². The van der Waals surface area contributed by atoms with E-state index in [1.54, 1.807) is 24.3 Å². The Bertz CT molecular complexity index is 733. The Morgan fingerprint density at radius 1 is 1.05 bits per heavy atom. The number of nitrogens with one attached hydrogen (secondary N) is 1. The second-order valence-corrected chi connectivity index (χ2v) is 6.74. The highest BCUT2D eigenvalue weighted by molar-refractivity contribution is 7.89. The summed E-state index contributed by atoms with van der Waals surface area (Å²) in [6.07, 6.45) is 0. The van der Waals surface area contributed by atoms with Crippen molar-refractivity contribution in [3.8, 4) is 0 Å². The Labute approximate surface area is 127 Å². The molecule has 7 heteroatoms. The molecule has 20 heavy (non-hydrogen) atoms. The van der Waals surface area contributed by atoms with Crippen LogP contribution in [0.15, 0.2) is 47.4 Å². The number of anilines is 1. The topological polar surface area (TPSA) is 72.2 Å². The van der Waals surface area contributed by atoms with E-state index in [1.165, 1.54) is 18.2 Å². The van der Waals surface area contributed by atoms with Crippen molar-refractivity contribution in [2.75, 3.05) is 5.73 Å². The van der Waals surface area contributed by atoms with Crippen LogP contribution in [0, 0.1) is 0 Å². The maximum atomic E-state index is 12.2. The molecular formula is C13H12Cl2N2O2S. The number of rotatable bonds is 4. The first kappa shape index (κ1) is 15.1. The quantitative estimate of drug-likeness (QED) is 0.846. The molecule has 3 N–H and O–H groups in total. The molecule has 0 radical (unpaired) electrons. The predicted molar refractivity (Wildman–Crippen MR) is 81.3 cm³/mol. The third-order valence-electron chi connectivity index (χ3n) is 2.62. The van der Waals surface area contributed by atoms with E-state index < -0.39 is 10.0 Å². The maximum Gasteiger partial charge on any atom is 0.242 e. The van der Waals surface area contributed by atoms with Gasteiger partial charge in [-0.1, -0.05) is 35.3 Å². The molecule has 106 valence electrons. The van der Waals surface area contributed by atoms with E-state index in [4.69, 9.17) is 28.9 Å². The lowest BCUT2D eigenvalue weighted by Gasteiger charge is -2.09. The summed E-state index contributed by atoms with van der Waals surface area (Å²) in [6.45, 7) is 0.130. The molecule has 0 aliphatic heterocycles. The van der Waals surface area contributed by atoms with Crippen LogP contribution in [0.5, 0.6) is 0 Å². The van der Waals surface area contributed by atoms with Crippen molar-refractivity contribution in [2.45, 2.75) is 11.4 Å². The maximum absolute atomic E-state index is 12.2. The van der Waals surface area contributed by atoms with E-state index in [1.807, 2.05) is 0 Å². The van der Waals surface area contributed by atoms with Crippen LogP contribution >= 0.6 is 23.2 Å². The lowest BCUT2D eigenvalue weighted by atomic mass is 10.2. The molecule has 0 fully saturated rings. The molecule has 2 rings (SSSR count). The van der Waals surface area contributed by atoms with E-state index in [9.17, 15) is 8.42 Å². The molecule has 0 aliphatic rings. The van der Waals surface area contributed by atoms with Crippen LogP contribution < -0.4 is 10.5 Å². The molecule has 0 aromatic heterocycles. The molecule has 0 atom stereocenters. The smallest absolute Gasteiger partial charge is 0.242 e. The lowest BCUT2D eigenvalue weighted by molar-refractivity contribution is 0.582. The van der Waals surface area contributed by atoms with E-state index in [-0.39, 0.29) is 17.1 Å². The summed E-state index contributed by atoms with van der Waals surface area (Å²) < 4.78 is 26.8. The molecule has 0 aliphatic carbocycles. The van der Waals surface area contributed by atoms with E-state index in [0.717, 1.165) is 5.56 Å². The minimum Gasteiger partial charge on any atom is -0.398 e. The number of halogens is 2. The van der Waals surface area contributed by atoms with Crippen molar-refractivity contribution >= 4 is 38.9 Å². The van der Waals surface area contributed by atoms with Gasteiger partial charge >= 0.3 is 0 Å². The fourth-order valence-corrected chi connectivity index (χ4v) is 3.19. The zero-order valence-corrected chi connectivity index (χ0v) is 12.6. The molecular weight excluding hydrogens is 319 g/mol. The number of nitrogen functional groups attached to an aromatic ring is 1. The van der Waals surface area contributed by atoms with Crippen LogP contribution in [0.2, 0.25) is 10.0 Å². The van der Waals surface area contributed by atoms with Gasteiger partial charge in [-0.3, -0.25) is 0 Å². The summed E-state index contributed by atoms with van der Waals surface area (Å²) in [6, 6.07) is 11.2. The van der Waals surface area contributed by atoms with Gasteiger partial charge in [0.2, 0.25) is 10.0 Å². The molecule has 0 bridgehead atoms. The average molecular weight is 331 g/mol. The largest absolute Gasteiger partial charge is 0.398 e. The Kier molecular flexibility index (Phi) is 4.55. The normalized spacial score (nSPS) is 11.5. The minimum atomic E-state index is -3.70. The summed E-state index contributed by atoms with van der Waals surface area (Å²) >= 11 is 11.6. The summed E-state index contributed by atoms with van der Waals surface area (Å²) in [5.41, 5.74) is 6.54. The third-order valence-corrected chi connectivity index (χ3v) is 4.56. The fourth-order valence-electron chi connectivity index (χ4n) is 1.67. The number of benzene rings is 2. The number of nitrogens with two attached hydrogens (primary N) is 1. The van der Waals surface area contributed by atoms with Crippen molar-refractivity contribution in [1.82, 2.24) is 4.72 Å². The first-order chi connectivity index (χ1) is 9.38. The molecule has 0 spiro atoms. The van der Waals surface area contributed by atoms with Gasteiger partial charge in [-0.25, -0.2) is 13.1 Å². The molecule has 2 aromatic rings. The third kappa shape index (κ3) is 3.64. The second-order valence-electron chi connectivity index (χ2n) is 4.14. The van der Waals surface area contributed by atoms with Gasteiger partial charge in [0.15, 0.2) is 0 Å². The molecule has 0 amide bonds. The van der Waals surface area contributed by atoms with Gasteiger partial charge in [0.25, 0.3) is 0 Å².